The van der Waals surface area contributed by atoms with Gasteiger partial charge in [0.1, 0.15) is 0 Å². The van der Waals surface area contributed by atoms with Crippen LogP contribution in [-0.2, 0) is 10.8 Å². The van der Waals surface area contributed by atoms with E-state index in [-0.39, 0.29) is 48.8 Å². The molecule has 1 heterocycles. The van der Waals surface area contributed by atoms with Gasteiger partial charge in [0, 0.05) is 12.3 Å². The van der Waals surface area contributed by atoms with E-state index in [0.29, 0.717) is 6.04 Å². The molecule has 1 aromatic rings. The Balaban J connectivity index is 0. The molecule has 0 spiro atoms. The van der Waals surface area contributed by atoms with E-state index in [4.69, 9.17) is 0 Å². The van der Waals surface area contributed by atoms with Crippen LogP contribution in [0.3, 0.4) is 0 Å². The largest absolute Gasteiger partial charge is 3.00 e. The van der Waals surface area contributed by atoms with Crippen molar-refractivity contribution in [3.05, 3.63) is 43.7 Å². The molecule has 0 amide bonds. The fourth-order valence-electron chi connectivity index (χ4n) is 3.10. The Morgan fingerprint density at radius 3 is 2.19 bits per heavy atom. The molecule has 3 nitrogen and oxygen atoms in total. The molecule has 0 radical (unpaired) electrons. The van der Waals surface area contributed by atoms with E-state index in [0.717, 1.165) is 24.2 Å². The molecule has 4 heteroatoms. The number of nitrogens with zero attached hydrogens (tertiary/aromatic N) is 1. The number of benzene rings is 1. The predicted octanol–water partition coefficient (Wildman–Crippen LogP) is 4.44. The minimum atomic E-state index is -0.161. The van der Waals surface area contributed by atoms with Crippen LogP contribution in [0.15, 0.2) is 17.1 Å². The maximum atomic E-state index is 12.9. The number of piperidine rings is 1. The summed E-state index contributed by atoms with van der Waals surface area (Å²) in [5, 5.41) is 16.4. The molecule has 0 unspecified atom stereocenters. The van der Waals surface area contributed by atoms with E-state index in [2.05, 4.69) is 57.9 Å². The average Bonchev–Trinajstić information content (AvgIpc) is 2.47. The quantitative estimate of drug-likeness (QED) is 0.474. The van der Waals surface area contributed by atoms with Crippen LogP contribution in [0.2, 0.25) is 0 Å². The molecule has 1 saturated heterocycles. The van der Waals surface area contributed by atoms with Crippen molar-refractivity contribution in [3.8, 4) is 5.75 Å². The van der Waals surface area contributed by atoms with Gasteiger partial charge in [-0.25, -0.2) is 0 Å². The summed E-state index contributed by atoms with van der Waals surface area (Å²) in [6.45, 7) is 14.7. The molecule has 27 heavy (non-hydrogen) atoms. The summed E-state index contributed by atoms with van der Waals surface area (Å²) < 4.78 is 0. The fourth-order valence-corrected chi connectivity index (χ4v) is 3.10. The summed E-state index contributed by atoms with van der Waals surface area (Å²) in [6.07, 6.45) is 5.50. The third kappa shape index (κ3) is 7.98. The van der Waals surface area contributed by atoms with Crippen LogP contribution in [0.1, 0.15) is 77.5 Å². The van der Waals surface area contributed by atoms with Crippen molar-refractivity contribution in [2.75, 3.05) is 13.1 Å². The van der Waals surface area contributed by atoms with Gasteiger partial charge in [0.2, 0.25) is 0 Å². The molecule has 1 atom stereocenters. The topological polar surface area (TPSA) is 47.5 Å². The van der Waals surface area contributed by atoms with Gasteiger partial charge in [0.05, 0.1) is 6.54 Å². The zero-order valence-electron chi connectivity index (χ0n) is 18.8. The van der Waals surface area contributed by atoms with Crippen molar-refractivity contribution in [1.82, 2.24) is 5.32 Å². The third-order valence-corrected chi connectivity index (χ3v) is 4.76. The number of aliphatic imine (C=N–C) groups is 1. The molecule has 0 aromatic heterocycles. The Morgan fingerprint density at radius 2 is 1.70 bits per heavy atom. The molecule has 1 N–H and O–H groups in total. The standard InChI is InChI=1S/C21H34N2O.2CH3.Al/c1-20(2,3)16-11-15(19(24)18(12-16)21(4,5)6)13-22-14-17-9-7-8-10-23-17;;;/h11-13,17,23-24H,7-10,14H2,1-6H3;2*1H3;/q;2*-1;+3/p-1/t17-;;;/m0.../s1. The zero-order chi connectivity index (χ0) is 18.0. The van der Waals surface area contributed by atoms with E-state index in [1.807, 2.05) is 6.07 Å². The summed E-state index contributed by atoms with van der Waals surface area (Å²) in [7, 11) is 0. The van der Waals surface area contributed by atoms with Gasteiger partial charge in [-0.3, -0.25) is 4.99 Å². The van der Waals surface area contributed by atoms with Gasteiger partial charge in [-0.15, -0.1) is 0 Å². The van der Waals surface area contributed by atoms with E-state index in [1.165, 1.54) is 24.8 Å². The zero-order valence-corrected chi connectivity index (χ0v) is 19.9. The second-order valence-corrected chi connectivity index (χ2v) is 9.08. The molecule has 0 aliphatic carbocycles. The molecule has 0 saturated carbocycles. The van der Waals surface area contributed by atoms with Gasteiger partial charge in [-0.1, -0.05) is 65.8 Å². The number of hydrogen-bond acceptors (Lipinski definition) is 3. The minimum Gasteiger partial charge on any atom is -0.872 e. The Hall–Kier alpha value is -0.818. The van der Waals surface area contributed by atoms with Gasteiger partial charge in [0.25, 0.3) is 0 Å². The van der Waals surface area contributed by atoms with E-state index >= 15 is 0 Å². The number of hydrogen-bond donors (Lipinski definition) is 1. The van der Waals surface area contributed by atoms with Crippen LogP contribution in [0.4, 0.5) is 0 Å². The van der Waals surface area contributed by atoms with Crippen LogP contribution < -0.4 is 10.4 Å². The van der Waals surface area contributed by atoms with Gasteiger partial charge in [-0.2, -0.15) is 0 Å². The first kappa shape index (κ1) is 28.4. The molecular formula is C23H39AlN2O. The molecular weight excluding hydrogens is 347 g/mol. The smallest absolute Gasteiger partial charge is 0.872 e. The van der Waals surface area contributed by atoms with Crippen molar-refractivity contribution in [3.63, 3.8) is 0 Å². The third-order valence-electron chi connectivity index (χ3n) is 4.76. The van der Waals surface area contributed by atoms with Gasteiger partial charge < -0.3 is 25.3 Å². The van der Waals surface area contributed by atoms with Crippen LogP contribution in [-0.4, -0.2) is 42.7 Å². The maximum Gasteiger partial charge on any atom is 3.00 e. The SMILES string of the molecule is CC(C)(C)c1cc(C=NC[C@@H]2CCCCN2)c([O-])c(C(C)(C)C)c1.[Al+3].[CH3-].[CH3-]. The Labute approximate surface area is 179 Å². The molecule has 1 aliphatic rings. The van der Waals surface area contributed by atoms with E-state index in [1.54, 1.807) is 6.21 Å². The minimum absolute atomic E-state index is 0. The summed E-state index contributed by atoms with van der Waals surface area (Å²) in [4.78, 5) is 4.58. The number of nitrogens with one attached hydrogen (secondary N) is 1. The van der Waals surface area contributed by atoms with Crippen molar-refractivity contribution in [2.24, 2.45) is 4.99 Å². The van der Waals surface area contributed by atoms with Crippen molar-refractivity contribution in [2.45, 2.75) is 77.7 Å². The maximum absolute atomic E-state index is 12.9. The summed E-state index contributed by atoms with van der Waals surface area (Å²) >= 11 is 0. The molecule has 1 fully saturated rings. The van der Waals surface area contributed by atoms with Crippen LogP contribution >= 0.6 is 0 Å². The first-order chi connectivity index (χ1) is 11.1. The number of rotatable bonds is 3. The second kappa shape index (κ2) is 11.2. The monoisotopic (exact) mass is 386 g/mol. The molecule has 2 rings (SSSR count). The summed E-state index contributed by atoms with van der Waals surface area (Å²) in [5.74, 6) is 0.121. The van der Waals surface area contributed by atoms with Gasteiger partial charge in [0.15, 0.2) is 0 Å². The molecule has 1 aliphatic heterocycles. The first-order valence-electron chi connectivity index (χ1n) is 9.18. The van der Waals surface area contributed by atoms with Crippen LogP contribution in [0.25, 0.3) is 0 Å². The van der Waals surface area contributed by atoms with E-state index < -0.39 is 0 Å². The summed E-state index contributed by atoms with van der Waals surface area (Å²) in [6, 6.07) is 4.57. The van der Waals surface area contributed by atoms with Gasteiger partial charge in [-0.05, 0) is 46.9 Å². The Kier molecular flexibility index (Phi) is 11.8. The average molecular weight is 387 g/mol. The van der Waals surface area contributed by atoms with Crippen LogP contribution in [0.5, 0.6) is 5.75 Å². The Morgan fingerprint density at radius 1 is 1.07 bits per heavy atom. The molecule has 0 bridgehead atoms. The van der Waals surface area contributed by atoms with Crippen molar-refractivity contribution in [1.29, 1.82) is 0 Å². The second-order valence-electron chi connectivity index (χ2n) is 9.08. The fraction of sp³-hybridized carbons (Fsp3) is 0.609. The Bertz CT molecular complexity index is 592. The molecule has 1 aromatic carbocycles. The predicted molar refractivity (Wildman–Crippen MR) is 120 cm³/mol. The van der Waals surface area contributed by atoms with Crippen LogP contribution in [0, 0.1) is 14.9 Å². The molecule has 150 valence electrons. The van der Waals surface area contributed by atoms with Gasteiger partial charge >= 0.3 is 17.4 Å². The van der Waals surface area contributed by atoms with Crippen molar-refractivity contribution < 1.29 is 5.11 Å². The van der Waals surface area contributed by atoms with E-state index in [9.17, 15) is 5.11 Å². The normalized spacial score (nSPS) is 17.6. The first-order valence-corrected chi connectivity index (χ1v) is 9.18. The van der Waals surface area contributed by atoms with Crippen molar-refractivity contribution >= 4 is 23.6 Å². The summed E-state index contributed by atoms with van der Waals surface area (Å²) in [5.41, 5.74) is 2.66.